The Bertz CT molecular complexity index is 1240. The van der Waals surface area contributed by atoms with Gasteiger partial charge in [-0.15, -0.1) is 0 Å². The molecule has 4 rings (SSSR count). The number of hydrogen-bond donors (Lipinski definition) is 3. The predicted octanol–water partition coefficient (Wildman–Crippen LogP) is 0.544. The van der Waals surface area contributed by atoms with Gasteiger partial charge in [0.05, 0.1) is 17.0 Å². The Balaban J connectivity index is 1.84. The molecule has 1 amide bonds. The molecule has 1 aromatic carbocycles. The van der Waals surface area contributed by atoms with Crippen LogP contribution < -0.4 is 10.6 Å². The van der Waals surface area contributed by atoms with E-state index in [0.29, 0.717) is 17.7 Å². The first-order valence-corrected chi connectivity index (χ1v) is 11.7. The van der Waals surface area contributed by atoms with Gasteiger partial charge in [-0.25, -0.2) is 0 Å². The predicted molar refractivity (Wildman–Crippen MR) is 125 cm³/mol. The molecule has 0 radical (unpaired) electrons. The van der Waals surface area contributed by atoms with Gasteiger partial charge in [0.2, 0.25) is 5.91 Å². The second kappa shape index (κ2) is 8.61. The van der Waals surface area contributed by atoms with E-state index < -0.39 is 58.3 Å². The number of primary amides is 1. The van der Waals surface area contributed by atoms with Gasteiger partial charge in [0.1, 0.15) is 5.75 Å². The molecule has 2 fully saturated rings. The Morgan fingerprint density at radius 3 is 2.49 bits per heavy atom. The van der Waals surface area contributed by atoms with Gasteiger partial charge in [-0.3, -0.25) is 24.0 Å². The van der Waals surface area contributed by atoms with Crippen LogP contribution in [0.1, 0.15) is 54.1 Å². The molecule has 4 N–H and O–H groups in total. The molecule has 0 saturated heterocycles. The number of nitrogens with zero attached hydrogens (tertiary/aromatic N) is 1. The second-order valence-electron chi connectivity index (χ2n) is 9.83. The number of unbranched alkanes of at least 4 members (excludes halogenated alkanes) is 1. The van der Waals surface area contributed by atoms with E-state index in [2.05, 4.69) is 11.8 Å². The molecule has 35 heavy (non-hydrogen) atoms. The average Bonchev–Trinajstić information content (AvgIpc) is 2.77. The summed E-state index contributed by atoms with van der Waals surface area (Å²) in [6, 6.07) is 1.70. The van der Waals surface area contributed by atoms with Crippen molar-refractivity contribution in [3.63, 3.8) is 0 Å². The van der Waals surface area contributed by atoms with E-state index in [1.54, 1.807) is 25.1 Å². The highest BCUT2D eigenvalue weighted by Crippen LogP contribution is 2.51. The first-order valence-electron chi connectivity index (χ1n) is 11.7. The van der Waals surface area contributed by atoms with Crippen molar-refractivity contribution in [2.24, 2.45) is 29.4 Å². The van der Waals surface area contributed by atoms with E-state index in [-0.39, 0.29) is 36.1 Å². The van der Waals surface area contributed by atoms with Crippen LogP contribution in [0.15, 0.2) is 6.07 Å². The highest BCUT2D eigenvalue weighted by atomic mass is 16.3. The fourth-order valence-corrected chi connectivity index (χ4v) is 5.79. The number of carbonyl (C=O) groups is 5. The summed E-state index contributed by atoms with van der Waals surface area (Å²) in [5.74, 6) is -4.39. The quantitative estimate of drug-likeness (QED) is 0.418. The number of amides is 1. The van der Waals surface area contributed by atoms with Gasteiger partial charge in [0.25, 0.3) is 0 Å². The van der Waals surface area contributed by atoms with Crippen molar-refractivity contribution in [1.82, 2.24) is 0 Å². The Labute approximate surface area is 202 Å². The number of hydrogen-bond acceptors (Lipinski definition) is 8. The summed E-state index contributed by atoms with van der Waals surface area (Å²) >= 11 is 0. The highest BCUT2D eigenvalue weighted by Gasteiger charge is 2.66. The molecule has 0 heterocycles. The smallest absolute Gasteiger partial charge is 0.235 e. The van der Waals surface area contributed by atoms with Crippen LogP contribution in [0.3, 0.4) is 0 Å². The zero-order valence-electron chi connectivity index (χ0n) is 19.9. The summed E-state index contributed by atoms with van der Waals surface area (Å²) in [7, 11) is 3.58. The van der Waals surface area contributed by atoms with E-state index in [0.717, 1.165) is 6.42 Å². The molecule has 3 aliphatic carbocycles. The van der Waals surface area contributed by atoms with Crippen LogP contribution in [0.4, 0.5) is 5.69 Å². The number of anilines is 1. The number of benzene rings is 1. The Morgan fingerprint density at radius 1 is 1.20 bits per heavy atom. The number of rotatable bonds is 3. The number of ketones is 4. The van der Waals surface area contributed by atoms with Crippen LogP contribution in [-0.2, 0) is 25.6 Å². The maximum atomic E-state index is 13.7. The van der Waals surface area contributed by atoms with E-state index in [1.165, 1.54) is 0 Å². The number of fused-ring (bicyclic) bond motifs is 3. The van der Waals surface area contributed by atoms with Gasteiger partial charge < -0.3 is 20.8 Å². The number of carbonyl (C=O) groups excluding carboxylic acids is 5. The van der Waals surface area contributed by atoms with E-state index >= 15 is 0 Å². The lowest BCUT2D eigenvalue weighted by molar-refractivity contribution is -0.175. The Hall–Kier alpha value is -3.51. The molecule has 5 atom stereocenters. The van der Waals surface area contributed by atoms with E-state index in [9.17, 15) is 34.2 Å². The summed E-state index contributed by atoms with van der Waals surface area (Å²) in [6.45, 7) is 1.96. The minimum Gasteiger partial charge on any atom is -0.506 e. The zero-order valence-corrected chi connectivity index (χ0v) is 19.9. The van der Waals surface area contributed by atoms with Crippen molar-refractivity contribution in [2.45, 2.75) is 44.6 Å². The summed E-state index contributed by atoms with van der Waals surface area (Å²) in [4.78, 5) is 66.3. The Morgan fingerprint density at radius 2 is 1.89 bits per heavy atom. The molecule has 3 aliphatic rings. The number of phenolic OH excluding ortho intramolecular Hbond substituents is 1. The molecule has 184 valence electrons. The van der Waals surface area contributed by atoms with Gasteiger partial charge in [-0.1, -0.05) is 18.8 Å². The monoisotopic (exact) mass is 480 g/mol. The lowest BCUT2D eigenvalue weighted by Crippen LogP contribution is -2.68. The molecule has 9 nitrogen and oxygen atoms in total. The SMILES string of the molecule is CCCC#Cc1cc(N(C)C)c2c(c1O)C(=O)C1C(=O)[C@]3(O)C(=O)C(C(N)=O)C(=O)C[C@@H]3C[C@@H]1C2. The minimum atomic E-state index is -2.65. The van der Waals surface area contributed by atoms with Crippen molar-refractivity contribution >= 4 is 34.7 Å². The van der Waals surface area contributed by atoms with Crippen LogP contribution in [0.25, 0.3) is 0 Å². The molecule has 0 bridgehead atoms. The zero-order chi connectivity index (χ0) is 25.8. The lowest BCUT2D eigenvalue weighted by Gasteiger charge is -2.48. The largest absolute Gasteiger partial charge is 0.506 e. The summed E-state index contributed by atoms with van der Waals surface area (Å²) in [5.41, 5.74) is 3.99. The minimum absolute atomic E-state index is 0.0422. The fraction of sp³-hybridized carbons (Fsp3) is 0.500. The summed E-state index contributed by atoms with van der Waals surface area (Å²) in [5, 5.41) is 22.3. The van der Waals surface area contributed by atoms with Gasteiger partial charge >= 0.3 is 0 Å². The standard InChI is InChI=1S/C26H28N2O7/c1-4-5-6-7-12-10-16(28(2)3)15-9-13-8-14-11-17(29)20(25(27)34)24(33)26(14,35)23(32)18(13)22(31)19(15)21(12)30/h10,13-14,18,20,30,35H,4-5,8-9,11H2,1-3H3,(H2,27,34)/t13-,14+,18?,20?,26+/m1/s1. The fourth-order valence-electron chi connectivity index (χ4n) is 5.79. The van der Waals surface area contributed by atoms with Crippen molar-refractivity contribution in [3.8, 4) is 17.6 Å². The molecule has 0 aliphatic heterocycles. The van der Waals surface area contributed by atoms with Crippen LogP contribution in [0, 0.1) is 35.5 Å². The van der Waals surface area contributed by atoms with Crippen molar-refractivity contribution in [1.29, 1.82) is 0 Å². The molecule has 0 spiro atoms. The van der Waals surface area contributed by atoms with Crippen LogP contribution in [0.5, 0.6) is 5.75 Å². The number of aliphatic hydroxyl groups is 1. The number of nitrogens with two attached hydrogens (primary N) is 1. The average molecular weight is 481 g/mol. The molecule has 2 saturated carbocycles. The van der Waals surface area contributed by atoms with Crippen molar-refractivity contribution in [3.05, 3.63) is 22.8 Å². The number of Topliss-reactive ketones (excluding diaryl/α,β-unsaturated/α-hetero) is 4. The number of phenols is 1. The number of aromatic hydroxyl groups is 1. The van der Waals surface area contributed by atoms with Crippen molar-refractivity contribution < 1.29 is 34.2 Å². The van der Waals surface area contributed by atoms with Crippen LogP contribution in [-0.4, -0.2) is 58.9 Å². The molecular formula is C26H28N2O7. The maximum absolute atomic E-state index is 13.7. The van der Waals surface area contributed by atoms with Crippen LogP contribution in [0.2, 0.25) is 0 Å². The molecular weight excluding hydrogens is 452 g/mol. The molecule has 1 aromatic rings. The molecule has 9 heteroatoms. The Kier molecular flexibility index (Phi) is 6.05. The highest BCUT2D eigenvalue weighted by molar-refractivity contribution is 6.31. The molecule has 0 aromatic heterocycles. The van der Waals surface area contributed by atoms with Gasteiger partial charge in [0.15, 0.2) is 34.7 Å². The molecule has 2 unspecified atom stereocenters. The third-order valence-corrected chi connectivity index (χ3v) is 7.46. The van der Waals surface area contributed by atoms with Crippen molar-refractivity contribution in [2.75, 3.05) is 19.0 Å². The van der Waals surface area contributed by atoms with Gasteiger partial charge in [0, 0.05) is 38.5 Å². The normalized spacial score (nSPS) is 29.5. The van der Waals surface area contributed by atoms with Gasteiger partial charge in [-0.05, 0) is 36.8 Å². The third kappa shape index (κ3) is 3.55. The topological polar surface area (TPSA) is 155 Å². The first kappa shape index (κ1) is 24.6. The summed E-state index contributed by atoms with van der Waals surface area (Å²) in [6.07, 6.45) is 1.35. The first-order chi connectivity index (χ1) is 16.4. The summed E-state index contributed by atoms with van der Waals surface area (Å²) < 4.78 is 0. The van der Waals surface area contributed by atoms with Gasteiger partial charge in [-0.2, -0.15) is 0 Å². The third-order valence-electron chi connectivity index (χ3n) is 7.46. The van der Waals surface area contributed by atoms with Crippen LogP contribution >= 0.6 is 0 Å². The lowest BCUT2D eigenvalue weighted by atomic mass is 9.53. The van der Waals surface area contributed by atoms with E-state index in [4.69, 9.17) is 5.73 Å². The second-order valence-corrected chi connectivity index (χ2v) is 9.83. The maximum Gasteiger partial charge on any atom is 0.235 e. The van der Waals surface area contributed by atoms with E-state index in [1.807, 2.05) is 6.92 Å².